The maximum absolute atomic E-state index is 11.3. The first-order chi connectivity index (χ1) is 10.1. The number of nitrogens with one attached hydrogen (secondary N) is 1. The summed E-state index contributed by atoms with van der Waals surface area (Å²) in [4.78, 5) is 14.8. The fourth-order valence-electron chi connectivity index (χ4n) is 1.77. The molecule has 7 heteroatoms. The Kier molecular flexibility index (Phi) is 5.10. The molecule has 1 heterocycles. The Labute approximate surface area is 130 Å². The Hall–Kier alpha value is -2.15. The lowest BCUT2D eigenvalue weighted by molar-refractivity contribution is -0.384. The molecule has 6 nitrogen and oxygen atoms in total. The van der Waals surface area contributed by atoms with E-state index in [-0.39, 0.29) is 11.4 Å². The normalized spacial score (nSPS) is 10.2. The van der Waals surface area contributed by atoms with Crippen LogP contribution in [0.3, 0.4) is 0 Å². The number of pyridine rings is 1. The fraction of sp³-hybridized carbons (Fsp3) is 0.214. The van der Waals surface area contributed by atoms with Gasteiger partial charge in [0, 0.05) is 17.2 Å². The molecule has 0 unspecified atom stereocenters. The van der Waals surface area contributed by atoms with Crippen LogP contribution in [-0.4, -0.2) is 16.5 Å². The molecule has 0 fully saturated rings. The monoisotopic (exact) mass is 351 g/mol. The number of ether oxygens (including phenoxy) is 1. The van der Waals surface area contributed by atoms with E-state index in [1.165, 1.54) is 6.20 Å². The van der Waals surface area contributed by atoms with Gasteiger partial charge in [0.1, 0.15) is 11.4 Å². The van der Waals surface area contributed by atoms with Crippen molar-refractivity contribution in [2.24, 2.45) is 0 Å². The summed E-state index contributed by atoms with van der Waals surface area (Å²) in [5, 5.41) is 14.4. The first-order valence-electron chi connectivity index (χ1n) is 6.41. The van der Waals surface area contributed by atoms with E-state index in [1.54, 1.807) is 30.5 Å². The largest absolute Gasteiger partial charge is 0.448 e. The maximum atomic E-state index is 11.3. The van der Waals surface area contributed by atoms with Crippen molar-refractivity contribution in [2.45, 2.75) is 13.3 Å². The predicted octanol–water partition coefficient (Wildman–Crippen LogP) is 4.37. The molecule has 1 N–H and O–H groups in total. The molecule has 2 rings (SSSR count). The number of halogens is 1. The van der Waals surface area contributed by atoms with Crippen LogP contribution in [0, 0.1) is 10.1 Å². The van der Waals surface area contributed by atoms with Gasteiger partial charge in [-0.05, 0) is 40.5 Å². The number of nitrogens with zero attached hydrogens (tertiary/aromatic N) is 2. The van der Waals surface area contributed by atoms with Gasteiger partial charge in [0.25, 0.3) is 0 Å². The van der Waals surface area contributed by atoms with Gasteiger partial charge >= 0.3 is 5.69 Å². The van der Waals surface area contributed by atoms with Crippen LogP contribution in [0.1, 0.15) is 13.3 Å². The molecule has 1 aromatic heterocycles. The summed E-state index contributed by atoms with van der Waals surface area (Å²) >= 11 is 3.28. The molecule has 0 amide bonds. The molecule has 0 saturated carbocycles. The topological polar surface area (TPSA) is 77.3 Å². The smallest absolute Gasteiger partial charge is 0.334 e. The first-order valence-corrected chi connectivity index (χ1v) is 7.20. The third kappa shape index (κ3) is 3.91. The number of rotatable bonds is 6. The number of benzene rings is 1. The average Bonchev–Trinajstić information content (AvgIpc) is 2.45. The highest BCUT2D eigenvalue weighted by Gasteiger charge is 2.21. The number of anilines is 1. The maximum Gasteiger partial charge on any atom is 0.334 e. The van der Waals surface area contributed by atoms with Gasteiger partial charge in [-0.1, -0.05) is 13.0 Å². The Morgan fingerprint density at radius 2 is 2.24 bits per heavy atom. The third-order valence-corrected chi connectivity index (χ3v) is 3.09. The molecule has 0 spiro atoms. The summed E-state index contributed by atoms with van der Waals surface area (Å²) in [6.07, 6.45) is 3.99. The van der Waals surface area contributed by atoms with Gasteiger partial charge in [0.2, 0.25) is 5.75 Å². The van der Waals surface area contributed by atoms with E-state index < -0.39 is 4.92 Å². The second-order valence-electron chi connectivity index (χ2n) is 4.28. The minimum Gasteiger partial charge on any atom is -0.448 e. The van der Waals surface area contributed by atoms with Crippen molar-refractivity contribution in [3.8, 4) is 11.5 Å². The summed E-state index contributed by atoms with van der Waals surface area (Å²) in [5.41, 5.74) is 0.369. The fourth-order valence-corrected chi connectivity index (χ4v) is 2.11. The van der Waals surface area contributed by atoms with Crippen LogP contribution in [0.4, 0.5) is 11.4 Å². The standard InChI is InChI=1S/C14H14BrN3O3/c1-2-6-17-12-4-3-5-13(14(12)18(19)20)21-11-7-10(15)8-16-9-11/h3-5,7-9,17H,2,6H2,1H3. The van der Waals surface area contributed by atoms with E-state index >= 15 is 0 Å². The molecule has 1 aromatic carbocycles. The van der Waals surface area contributed by atoms with Crippen LogP contribution >= 0.6 is 15.9 Å². The molecule has 0 bridgehead atoms. The molecule has 0 aliphatic carbocycles. The summed E-state index contributed by atoms with van der Waals surface area (Å²) in [7, 11) is 0. The van der Waals surface area contributed by atoms with E-state index in [0.717, 1.165) is 10.9 Å². The van der Waals surface area contributed by atoms with Crippen molar-refractivity contribution in [2.75, 3.05) is 11.9 Å². The quantitative estimate of drug-likeness (QED) is 0.617. The Morgan fingerprint density at radius 3 is 2.90 bits per heavy atom. The highest BCUT2D eigenvalue weighted by atomic mass is 79.9. The van der Waals surface area contributed by atoms with Crippen molar-refractivity contribution >= 4 is 27.3 Å². The van der Waals surface area contributed by atoms with Gasteiger partial charge in [-0.3, -0.25) is 15.1 Å². The highest BCUT2D eigenvalue weighted by Crippen LogP contribution is 2.37. The minimum atomic E-state index is -0.446. The molecule has 0 saturated heterocycles. The molecule has 0 atom stereocenters. The van der Waals surface area contributed by atoms with E-state index in [9.17, 15) is 10.1 Å². The van der Waals surface area contributed by atoms with Gasteiger partial charge in [-0.25, -0.2) is 0 Å². The lowest BCUT2D eigenvalue weighted by atomic mass is 10.2. The van der Waals surface area contributed by atoms with Gasteiger partial charge in [0.05, 0.1) is 11.1 Å². The van der Waals surface area contributed by atoms with E-state index in [4.69, 9.17) is 4.74 Å². The summed E-state index contributed by atoms with van der Waals surface area (Å²) in [6, 6.07) is 6.64. The predicted molar refractivity (Wildman–Crippen MR) is 83.9 cm³/mol. The van der Waals surface area contributed by atoms with Gasteiger partial charge in [-0.15, -0.1) is 0 Å². The SMILES string of the molecule is CCCNc1cccc(Oc2cncc(Br)c2)c1[N+](=O)[O-]. The Morgan fingerprint density at radius 1 is 1.43 bits per heavy atom. The summed E-state index contributed by atoms with van der Waals surface area (Å²) in [6.45, 7) is 2.65. The third-order valence-electron chi connectivity index (χ3n) is 2.65. The Bertz CT molecular complexity index is 649. The number of nitro benzene ring substituents is 1. The molecule has 21 heavy (non-hydrogen) atoms. The van der Waals surface area contributed by atoms with Crippen molar-refractivity contribution in [3.63, 3.8) is 0 Å². The summed E-state index contributed by atoms with van der Waals surface area (Å²) < 4.78 is 6.34. The first kappa shape index (κ1) is 15.2. The second kappa shape index (κ2) is 7.03. The molecular formula is C14H14BrN3O3. The van der Waals surface area contributed by atoms with E-state index in [1.807, 2.05) is 6.92 Å². The van der Waals surface area contributed by atoms with Gasteiger partial charge in [0.15, 0.2) is 0 Å². The van der Waals surface area contributed by atoms with Gasteiger partial charge in [-0.2, -0.15) is 0 Å². The number of para-hydroxylation sites is 1. The van der Waals surface area contributed by atoms with Crippen LogP contribution in [0.5, 0.6) is 11.5 Å². The zero-order valence-electron chi connectivity index (χ0n) is 11.4. The number of nitro groups is 1. The Balaban J connectivity index is 2.36. The second-order valence-corrected chi connectivity index (χ2v) is 5.19. The molecule has 2 aromatic rings. The summed E-state index contributed by atoms with van der Waals surface area (Å²) in [5.74, 6) is 0.612. The van der Waals surface area contributed by atoms with E-state index in [0.29, 0.717) is 18.0 Å². The number of hydrogen-bond donors (Lipinski definition) is 1. The van der Waals surface area contributed by atoms with E-state index in [2.05, 4.69) is 26.2 Å². The average molecular weight is 352 g/mol. The van der Waals surface area contributed by atoms with Crippen LogP contribution in [0.25, 0.3) is 0 Å². The zero-order valence-corrected chi connectivity index (χ0v) is 13.0. The van der Waals surface area contributed by atoms with Crippen molar-refractivity contribution in [1.29, 1.82) is 0 Å². The highest BCUT2D eigenvalue weighted by molar-refractivity contribution is 9.10. The van der Waals surface area contributed by atoms with Crippen LogP contribution < -0.4 is 10.1 Å². The molecular weight excluding hydrogens is 338 g/mol. The van der Waals surface area contributed by atoms with Crippen LogP contribution in [0.2, 0.25) is 0 Å². The molecule has 0 radical (unpaired) electrons. The van der Waals surface area contributed by atoms with Crippen molar-refractivity contribution in [3.05, 3.63) is 51.2 Å². The van der Waals surface area contributed by atoms with Crippen LogP contribution in [0.15, 0.2) is 41.1 Å². The molecule has 0 aliphatic heterocycles. The van der Waals surface area contributed by atoms with Crippen molar-refractivity contribution < 1.29 is 9.66 Å². The minimum absolute atomic E-state index is 0.0778. The number of hydrogen-bond acceptors (Lipinski definition) is 5. The van der Waals surface area contributed by atoms with Gasteiger partial charge < -0.3 is 10.1 Å². The van der Waals surface area contributed by atoms with Crippen LogP contribution in [-0.2, 0) is 0 Å². The molecule has 0 aliphatic rings. The lowest BCUT2D eigenvalue weighted by Crippen LogP contribution is -2.04. The zero-order chi connectivity index (χ0) is 15.2. The number of aromatic nitrogens is 1. The van der Waals surface area contributed by atoms with Crippen molar-refractivity contribution in [1.82, 2.24) is 4.98 Å². The lowest BCUT2D eigenvalue weighted by Gasteiger charge is -2.10. The molecule has 110 valence electrons.